The molecule has 0 bridgehead atoms. The van der Waals surface area contributed by atoms with Crippen molar-refractivity contribution in [2.45, 2.75) is 25.9 Å². The molecule has 1 N–H and O–H groups in total. The highest BCUT2D eigenvalue weighted by Crippen LogP contribution is 2.17. The molecule has 1 aliphatic rings. The smallest absolute Gasteiger partial charge is 0.0808 e. The van der Waals surface area contributed by atoms with Crippen LogP contribution in [0.4, 0.5) is 0 Å². The highest BCUT2D eigenvalue weighted by Gasteiger charge is 2.23. The van der Waals surface area contributed by atoms with Gasteiger partial charge in [0.05, 0.1) is 17.9 Å². The van der Waals surface area contributed by atoms with Gasteiger partial charge in [-0.25, -0.2) is 0 Å². The predicted octanol–water partition coefficient (Wildman–Crippen LogP) is 1.34. The first-order chi connectivity index (χ1) is 7.24. The van der Waals surface area contributed by atoms with Crippen molar-refractivity contribution >= 4 is 11.8 Å². The van der Waals surface area contributed by atoms with Gasteiger partial charge in [0.15, 0.2) is 0 Å². The zero-order valence-electron chi connectivity index (χ0n) is 9.35. The lowest BCUT2D eigenvalue weighted by atomic mass is 9.96. The molecule has 0 aromatic carbocycles. The predicted molar refractivity (Wildman–Crippen MR) is 63.8 cm³/mol. The Morgan fingerprint density at radius 3 is 3.07 bits per heavy atom. The molecule has 0 aliphatic carbocycles. The summed E-state index contributed by atoms with van der Waals surface area (Å²) in [5.41, 5.74) is 0. The summed E-state index contributed by atoms with van der Waals surface area (Å²) in [5, 5.41) is 18.1. The Balaban J connectivity index is 2.05. The second kappa shape index (κ2) is 7.10. The third kappa shape index (κ3) is 4.87. The van der Waals surface area contributed by atoms with Crippen molar-refractivity contribution in [3.05, 3.63) is 0 Å². The second-order valence-electron chi connectivity index (χ2n) is 4.20. The molecule has 86 valence electrons. The average molecular weight is 228 g/mol. The van der Waals surface area contributed by atoms with Gasteiger partial charge in [0.2, 0.25) is 0 Å². The molecule has 0 saturated carbocycles. The summed E-state index contributed by atoms with van der Waals surface area (Å²) >= 11 is 1.69. The number of aliphatic hydroxyl groups is 1. The molecule has 15 heavy (non-hydrogen) atoms. The zero-order valence-corrected chi connectivity index (χ0v) is 10.2. The van der Waals surface area contributed by atoms with Crippen LogP contribution >= 0.6 is 11.8 Å². The minimum absolute atomic E-state index is 0.148. The Morgan fingerprint density at radius 1 is 1.60 bits per heavy atom. The van der Waals surface area contributed by atoms with Crippen molar-refractivity contribution < 1.29 is 5.11 Å². The molecule has 0 radical (unpaired) electrons. The SMILES string of the molecule is CC1CCN(CCCSCC#N)CC1O. The van der Waals surface area contributed by atoms with Gasteiger partial charge in [0.1, 0.15) is 0 Å². The van der Waals surface area contributed by atoms with E-state index >= 15 is 0 Å². The van der Waals surface area contributed by atoms with Crippen molar-refractivity contribution in [3.8, 4) is 6.07 Å². The Morgan fingerprint density at radius 2 is 2.40 bits per heavy atom. The average Bonchev–Trinajstić information content (AvgIpc) is 2.23. The largest absolute Gasteiger partial charge is 0.392 e. The lowest BCUT2D eigenvalue weighted by Crippen LogP contribution is -2.43. The number of rotatable bonds is 5. The van der Waals surface area contributed by atoms with Crippen LogP contribution in [0.3, 0.4) is 0 Å². The second-order valence-corrected chi connectivity index (χ2v) is 5.30. The standard InChI is InChI=1S/C11H20N2OS/c1-10-3-6-13(9-11(10)14)5-2-7-15-8-4-12/h10-11,14H,2-3,5-9H2,1H3. The first-order valence-electron chi connectivity index (χ1n) is 5.59. The molecule has 4 heteroatoms. The third-order valence-corrected chi connectivity index (χ3v) is 3.84. The third-order valence-electron chi connectivity index (χ3n) is 2.93. The highest BCUT2D eigenvalue weighted by atomic mass is 32.2. The molecule has 0 aromatic rings. The van der Waals surface area contributed by atoms with Gasteiger partial charge in [-0.05, 0) is 37.6 Å². The van der Waals surface area contributed by atoms with Crippen molar-refractivity contribution in [1.29, 1.82) is 5.26 Å². The number of likely N-dealkylation sites (tertiary alicyclic amines) is 1. The fraction of sp³-hybridized carbons (Fsp3) is 0.909. The van der Waals surface area contributed by atoms with Crippen LogP contribution in [0.1, 0.15) is 19.8 Å². The van der Waals surface area contributed by atoms with E-state index in [1.54, 1.807) is 11.8 Å². The normalized spacial score (nSPS) is 27.5. The lowest BCUT2D eigenvalue weighted by Gasteiger charge is -2.34. The van der Waals surface area contributed by atoms with Gasteiger partial charge in [-0.2, -0.15) is 5.26 Å². The van der Waals surface area contributed by atoms with Crippen LogP contribution in [0.15, 0.2) is 0 Å². The number of hydrogen-bond acceptors (Lipinski definition) is 4. The van der Waals surface area contributed by atoms with E-state index in [1.807, 2.05) is 0 Å². The van der Waals surface area contributed by atoms with Gasteiger partial charge in [-0.3, -0.25) is 0 Å². The minimum Gasteiger partial charge on any atom is -0.392 e. The number of hydrogen-bond donors (Lipinski definition) is 1. The monoisotopic (exact) mass is 228 g/mol. The van der Waals surface area contributed by atoms with E-state index in [9.17, 15) is 5.11 Å². The van der Waals surface area contributed by atoms with E-state index in [0.29, 0.717) is 11.7 Å². The molecule has 0 aromatic heterocycles. The van der Waals surface area contributed by atoms with E-state index in [0.717, 1.165) is 38.2 Å². The molecule has 1 aliphatic heterocycles. The van der Waals surface area contributed by atoms with E-state index in [4.69, 9.17) is 5.26 Å². The Kier molecular flexibility index (Phi) is 6.07. The van der Waals surface area contributed by atoms with Gasteiger partial charge in [0, 0.05) is 6.54 Å². The number of aliphatic hydroxyl groups excluding tert-OH is 1. The fourth-order valence-electron chi connectivity index (χ4n) is 1.83. The van der Waals surface area contributed by atoms with E-state index < -0.39 is 0 Å². The summed E-state index contributed by atoms with van der Waals surface area (Å²) in [7, 11) is 0. The fourth-order valence-corrected chi connectivity index (χ4v) is 2.39. The van der Waals surface area contributed by atoms with Crippen LogP contribution in [-0.2, 0) is 0 Å². The molecule has 1 fully saturated rings. The van der Waals surface area contributed by atoms with Gasteiger partial charge < -0.3 is 10.0 Å². The lowest BCUT2D eigenvalue weighted by molar-refractivity contribution is 0.0295. The first-order valence-corrected chi connectivity index (χ1v) is 6.74. The van der Waals surface area contributed by atoms with Gasteiger partial charge in [-0.15, -0.1) is 11.8 Å². The summed E-state index contributed by atoms with van der Waals surface area (Å²) in [4.78, 5) is 2.33. The van der Waals surface area contributed by atoms with E-state index in [1.165, 1.54) is 0 Å². The minimum atomic E-state index is -0.148. The molecule has 3 nitrogen and oxygen atoms in total. The molecule has 2 unspecified atom stereocenters. The summed E-state index contributed by atoms with van der Waals surface area (Å²) in [5.74, 6) is 2.10. The summed E-state index contributed by atoms with van der Waals surface area (Å²) in [6.45, 7) is 5.11. The molecule has 1 heterocycles. The van der Waals surface area contributed by atoms with Crippen molar-refractivity contribution in [2.75, 3.05) is 31.1 Å². The van der Waals surface area contributed by atoms with E-state index in [2.05, 4.69) is 17.9 Å². The van der Waals surface area contributed by atoms with Gasteiger partial charge >= 0.3 is 0 Å². The molecular weight excluding hydrogens is 208 g/mol. The number of nitriles is 1. The van der Waals surface area contributed by atoms with Crippen molar-refractivity contribution in [1.82, 2.24) is 4.90 Å². The maximum atomic E-state index is 9.70. The van der Waals surface area contributed by atoms with E-state index in [-0.39, 0.29) is 6.10 Å². The quantitative estimate of drug-likeness (QED) is 0.721. The van der Waals surface area contributed by atoms with Crippen LogP contribution in [-0.4, -0.2) is 47.3 Å². The molecule has 1 saturated heterocycles. The molecule has 2 atom stereocenters. The van der Waals surface area contributed by atoms with Crippen LogP contribution in [0.2, 0.25) is 0 Å². The molecule has 0 amide bonds. The van der Waals surface area contributed by atoms with Gasteiger partial charge in [0.25, 0.3) is 0 Å². The maximum absolute atomic E-state index is 9.70. The van der Waals surface area contributed by atoms with Gasteiger partial charge in [-0.1, -0.05) is 6.92 Å². The number of nitrogens with zero attached hydrogens (tertiary/aromatic N) is 2. The zero-order chi connectivity index (χ0) is 11.1. The van der Waals surface area contributed by atoms with Crippen LogP contribution < -0.4 is 0 Å². The first kappa shape index (κ1) is 12.8. The summed E-state index contributed by atoms with van der Waals surface area (Å²) < 4.78 is 0. The molecular formula is C11H20N2OS. The molecule has 1 rings (SSSR count). The highest BCUT2D eigenvalue weighted by molar-refractivity contribution is 7.99. The maximum Gasteiger partial charge on any atom is 0.0808 e. The summed E-state index contributed by atoms with van der Waals surface area (Å²) in [6, 6.07) is 2.13. The number of piperidine rings is 1. The van der Waals surface area contributed by atoms with Crippen molar-refractivity contribution in [3.63, 3.8) is 0 Å². The van der Waals surface area contributed by atoms with Crippen LogP contribution in [0.5, 0.6) is 0 Å². The van der Waals surface area contributed by atoms with Crippen LogP contribution in [0.25, 0.3) is 0 Å². The Bertz CT molecular complexity index is 217. The number of β-amino-alcohol motifs (C(OH)–C–C–N with tert-alkyl or cyclic N) is 1. The van der Waals surface area contributed by atoms with Crippen LogP contribution in [0, 0.1) is 17.2 Å². The molecule has 0 spiro atoms. The van der Waals surface area contributed by atoms with Crippen molar-refractivity contribution in [2.24, 2.45) is 5.92 Å². The topological polar surface area (TPSA) is 47.3 Å². The Hall–Kier alpha value is -0.240. The Labute approximate surface area is 96.5 Å². The number of thioether (sulfide) groups is 1. The summed E-state index contributed by atoms with van der Waals surface area (Å²) in [6.07, 6.45) is 2.07.